The van der Waals surface area contributed by atoms with E-state index in [1.54, 1.807) is 23.5 Å². The van der Waals surface area contributed by atoms with Gasteiger partial charge in [0.25, 0.3) is 0 Å². The summed E-state index contributed by atoms with van der Waals surface area (Å²) in [5.74, 6) is 0. The molecule has 0 saturated carbocycles. The average Bonchev–Trinajstić information content (AvgIpc) is 2.28. The number of nitrogen functional groups attached to an aromatic ring is 1. The van der Waals surface area contributed by atoms with Crippen molar-refractivity contribution in [2.24, 2.45) is 0 Å². The predicted octanol–water partition coefficient (Wildman–Crippen LogP) is 2.34. The average molecular weight is 228 g/mol. The lowest BCUT2D eigenvalue weighted by atomic mass is 10.2. The third kappa shape index (κ3) is 1.35. The summed E-state index contributed by atoms with van der Waals surface area (Å²) >= 11 is 1.56. The monoisotopic (exact) mass is 228 g/mol. The molecule has 3 rings (SSSR count). The van der Waals surface area contributed by atoms with Crippen molar-refractivity contribution in [3.63, 3.8) is 0 Å². The van der Waals surface area contributed by atoms with Crippen molar-refractivity contribution in [1.29, 1.82) is 0 Å². The Balaban J connectivity index is 2.48. The smallest absolute Gasteiger partial charge is 0.203 e. The van der Waals surface area contributed by atoms with Crippen LogP contribution in [0.2, 0.25) is 0 Å². The van der Waals surface area contributed by atoms with Crippen LogP contribution in [0.5, 0.6) is 0 Å². The lowest BCUT2D eigenvalue weighted by Gasteiger charge is -2.05. The fourth-order valence-corrected chi connectivity index (χ4v) is 2.60. The van der Waals surface area contributed by atoms with E-state index in [2.05, 4.69) is 4.98 Å². The molecule has 16 heavy (non-hydrogen) atoms. The Morgan fingerprint density at radius 3 is 2.88 bits per heavy atom. The first kappa shape index (κ1) is 9.30. The minimum atomic E-state index is -0.138. The molecule has 1 heterocycles. The molecular weight excluding hydrogens is 220 g/mol. The van der Waals surface area contributed by atoms with E-state index in [1.165, 1.54) is 0 Å². The third-order valence-electron chi connectivity index (χ3n) is 2.42. The number of rotatable bonds is 0. The Kier molecular flexibility index (Phi) is 1.91. The summed E-state index contributed by atoms with van der Waals surface area (Å²) < 4.78 is 1.07. The number of hydrogen-bond acceptors (Lipinski definition) is 4. The lowest BCUT2D eigenvalue weighted by Crippen LogP contribution is -2.07. The first-order chi connectivity index (χ1) is 7.74. The van der Waals surface area contributed by atoms with Gasteiger partial charge in [-0.05, 0) is 18.2 Å². The van der Waals surface area contributed by atoms with E-state index in [0.717, 1.165) is 20.8 Å². The van der Waals surface area contributed by atoms with Crippen LogP contribution >= 0.6 is 11.3 Å². The number of hydrogen-bond donors (Lipinski definition) is 1. The highest BCUT2D eigenvalue weighted by atomic mass is 32.1. The second kappa shape index (κ2) is 3.28. The van der Waals surface area contributed by atoms with Crippen molar-refractivity contribution < 1.29 is 0 Å². The van der Waals surface area contributed by atoms with Gasteiger partial charge in [0.1, 0.15) is 0 Å². The molecule has 0 fully saturated rings. The van der Waals surface area contributed by atoms with Crippen LogP contribution in [0.4, 0.5) is 5.69 Å². The predicted molar refractivity (Wildman–Crippen MR) is 66.9 cm³/mol. The van der Waals surface area contributed by atoms with Crippen LogP contribution in [0.15, 0.2) is 41.2 Å². The van der Waals surface area contributed by atoms with Crippen molar-refractivity contribution in [2.45, 2.75) is 0 Å². The van der Waals surface area contributed by atoms with Gasteiger partial charge in [0.05, 0.1) is 26.5 Å². The molecule has 4 heteroatoms. The lowest BCUT2D eigenvalue weighted by molar-refractivity contribution is 1.41. The normalized spacial score (nSPS) is 11.0. The highest BCUT2D eigenvalue weighted by Gasteiger charge is 2.09. The maximum Gasteiger partial charge on any atom is 0.203 e. The van der Waals surface area contributed by atoms with Crippen molar-refractivity contribution in [2.75, 3.05) is 5.73 Å². The summed E-state index contributed by atoms with van der Waals surface area (Å²) in [6, 6.07) is 11.0. The largest absolute Gasteiger partial charge is 0.396 e. The van der Waals surface area contributed by atoms with Gasteiger partial charge >= 0.3 is 0 Å². The minimum Gasteiger partial charge on any atom is -0.396 e. The van der Waals surface area contributed by atoms with E-state index in [9.17, 15) is 4.79 Å². The standard InChI is InChI=1S/C12H8N2OS/c13-7-5-9-12(6-10(7)15)16-11-4-2-1-3-8(11)14-9/h1-6H,13H2. The number of anilines is 1. The van der Waals surface area contributed by atoms with E-state index in [4.69, 9.17) is 5.73 Å². The highest BCUT2D eigenvalue weighted by Crippen LogP contribution is 2.29. The SMILES string of the molecule is Nc1cc2nc3ccccc3sc-2cc1=O. The molecule has 1 aliphatic carbocycles. The van der Waals surface area contributed by atoms with Gasteiger partial charge in [-0.2, -0.15) is 0 Å². The number of para-hydroxylation sites is 1. The van der Waals surface area contributed by atoms with Crippen molar-refractivity contribution in [1.82, 2.24) is 4.98 Å². The van der Waals surface area contributed by atoms with E-state index >= 15 is 0 Å². The van der Waals surface area contributed by atoms with Crippen LogP contribution in [0, 0.1) is 0 Å². The number of fused-ring (bicyclic) bond motifs is 2. The van der Waals surface area contributed by atoms with Crippen LogP contribution in [-0.2, 0) is 0 Å². The second-order valence-electron chi connectivity index (χ2n) is 3.54. The summed E-state index contributed by atoms with van der Waals surface area (Å²) in [6.07, 6.45) is 0. The topological polar surface area (TPSA) is 56.0 Å². The quantitative estimate of drug-likeness (QED) is 0.474. The molecule has 78 valence electrons. The zero-order valence-electron chi connectivity index (χ0n) is 8.31. The minimum absolute atomic E-state index is 0.138. The first-order valence-corrected chi connectivity index (χ1v) is 5.65. The summed E-state index contributed by atoms with van der Waals surface area (Å²) in [5, 5.41) is 0. The van der Waals surface area contributed by atoms with Crippen LogP contribution in [0.3, 0.4) is 0 Å². The molecule has 1 aromatic rings. The Morgan fingerprint density at radius 2 is 2.00 bits per heavy atom. The molecule has 0 atom stereocenters. The van der Waals surface area contributed by atoms with Gasteiger partial charge in [-0.25, -0.2) is 4.98 Å². The van der Waals surface area contributed by atoms with Crippen molar-refractivity contribution in [3.8, 4) is 10.6 Å². The molecule has 0 amide bonds. The van der Waals surface area contributed by atoms with Gasteiger partial charge in [-0.15, -0.1) is 11.3 Å². The fourth-order valence-electron chi connectivity index (χ4n) is 1.62. The molecule has 1 aliphatic heterocycles. The molecule has 0 bridgehead atoms. The van der Waals surface area contributed by atoms with Gasteiger partial charge in [-0.3, -0.25) is 4.79 Å². The summed E-state index contributed by atoms with van der Waals surface area (Å²) in [5.41, 5.74) is 7.40. The van der Waals surface area contributed by atoms with E-state index < -0.39 is 0 Å². The van der Waals surface area contributed by atoms with Crippen LogP contribution in [0.25, 0.3) is 20.8 Å². The maximum atomic E-state index is 11.4. The molecule has 3 nitrogen and oxygen atoms in total. The summed E-state index contributed by atoms with van der Waals surface area (Å²) in [6.45, 7) is 0. The number of benzene rings is 2. The zero-order chi connectivity index (χ0) is 11.1. The summed E-state index contributed by atoms with van der Waals surface area (Å²) in [7, 11) is 0. The number of nitrogens with two attached hydrogens (primary N) is 1. The van der Waals surface area contributed by atoms with E-state index in [0.29, 0.717) is 0 Å². The molecular formula is C12H8N2OS. The molecule has 2 aliphatic rings. The van der Waals surface area contributed by atoms with Gasteiger partial charge in [-0.1, -0.05) is 12.1 Å². The molecule has 0 aromatic heterocycles. The molecule has 1 aromatic carbocycles. The van der Waals surface area contributed by atoms with E-state index in [-0.39, 0.29) is 11.1 Å². The fraction of sp³-hybridized carbons (Fsp3) is 0. The molecule has 0 spiro atoms. The Morgan fingerprint density at radius 1 is 1.19 bits per heavy atom. The van der Waals surface area contributed by atoms with Crippen LogP contribution in [-0.4, -0.2) is 4.98 Å². The maximum absolute atomic E-state index is 11.4. The van der Waals surface area contributed by atoms with Crippen molar-refractivity contribution >= 4 is 27.2 Å². The molecule has 0 radical (unpaired) electrons. The first-order valence-electron chi connectivity index (χ1n) is 4.83. The van der Waals surface area contributed by atoms with Gasteiger partial charge in [0.2, 0.25) is 5.43 Å². The van der Waals surface area contributed by atoms with Crippen LogP contribution in [0.1, 0.15) is 0 Å². The third-order valence-corrected chi connectivity index (χ3v) is 3.53. The van der Waals surface area contributed by atoms with Gasteiger partial charge in [0, 0.05) is 6.07 Å². The zero-order valence-corrected chi connectivity index (χ0v) is 9.12. The van der Waals surface area contributed by atoms with Crippen LogP contribution < -0.4 is 11.2 Å². The van der Waals surface area contributed by atoms with Gasteiger partial charge < -0.3 is 5.73 Å². The Hall–Kier alpha value is -1.94. The number of nitrogens with zero attached hydrogens (tertiary/aromatic N) is 1. The van der Waals surface area contributed by atoms with Crippen molar-refractivity contribution in [3.05, 3.63) is 46.6 Å². The van der Waals surface area contributed by atoms with E-state index in [1.807, 2.05) is 24.3 Å². The number of aromatic nitrogens is 1. The Bertz CT molecular complexity index is 705. The summed E-state index contributed by atoms with van der Waals surface area (Å²) in [4.78, 5) is 16.8. The second-order valence-corrected chi connectivity index (χ2v) is 4.62. The van der Waals surface area contributed by atoms with Gasteiger partial charge in [0.15, 0.2) is 0 Å². The Labute approximate surface area is 95.5 Å². The molecule has 0 unspecified atom stereocenters. The highest BCUT2D eigenvalue weighted by molar-refractivity contribution is 7.21. The molecule has 2 N–H and O–H groups in total. The molecule has 0 saturated heterocycles.